The normalized spacial score (nSPS) is 15.1. The zero-order valence-corrected chi connectivity index (χ0v) is 15.3. The summed E-state index contributed by atoms with van der Waals surface area (Å²) in [6.45, 7) is 1.61. The van der Waals surface area contributed by atoms with Crippen LogP contribution in [-0.4, -0.2) is 31.0 Å². The number of nitrogens with zero attached hydrogens (tertiary/aromatic N) is 1. The first kappa shape index (κ1) is 18.4. The minimum atomic E-state index is -0.173. The van der Waals surface area contributed by atoms with Crippen molar-refractivity contribution >= 4 is 5.91 Å². The number of carbonyl (C=O) groups is 1. The lowest BCUT2D eigenvalue weighted by Gasteiger charge is -2.32. The minimum absolute atomic E-state index is 0.173. The molecule has 1 heterocycles. The van der Waals surface area contributed by atoms with Gasteiger partial charge in [-0.05, 0) is 67.0 Å². The van der Waals surface area contributed by atoms with Crippen LogP contribution < -0.4 is 4.74 Å². The summed E-state index contributed by atoms with van der Waals surface area (Å²) in [6, 6.07) is 14.7. The Labute approximate surface area is 154 Å². The average Bonchev–Trinajstić information content (AvgIpc) is 2.67. The molecular weight excluding hydrogens is 329 g/mol. The summed E-state index contributed by atoms with van der Waals surface area (Å²) >= 11 is 0. The maximum atomic E-state index is 13.3. The third kappa shape index (κ3) is 5.07. The fraction of sp³-hybridized carbons (Fsp3) is 0.409. The number of hydrogen-bond acceptors (Lipinski definition) is 2. The highest BCUT2D eigenvalue weighted by molar-refractivity contribution is 5.76. The molecule has 0 bridgehead atoms. The van der Waals surface area contributed by atoms with Crippen LogP contribution in [0.5, 0.6) is 5.75 Å². The SMILES string of the molecule is COc1cccc(CCC(=O)N2CCC(Cc3cccc(F)c3)CC2)c1. The molecule has 0 aliphatic carbocycles. The molecule has 3 nitrogen and oxygen atoms in total. The lowest BCUT2D eigenvalue weighted by atomic mass is 9.90. The third-order valence-corrected chi connectivity index (χ3v) is 5.14. The van der Waals surface area contributed by atoms with Crippen molar-refractivity contribution in [2.75, 3.05) is 20.2 Å². The molecule has 0 saturated carbocycles. The van der Waals surface area contributed by atoms with Gasteiger partial charge < -0.3 is 9.64 Å². The molecule has 138 valence electrons. The zero-order chi connectivity index (χ0) is 18.4. The van der Waals surface area contributed by atoms with Gasteiger partial charge in [0.05, 0.1) is 7.11 Å². The van der Waals surface area contributed by atoms with E-state index in [4.69, 9.17) is 4.74 Å². The molecule has 1 saturated heterocycles. The number of piperidine rings is 1. The molecule has 0 spiro atoms. The van der Waals surface area contributed by atoms with Gasteiger partial charge in [-0.1, -0.05) is 24.3 Å². The monoisotopic (exact) mass is 355 g/mol. The third-order valence-electron chi connectivity index (χ3n) is 5.14. The predicted octanol–water partition coefficient (Wildman–Crippen LogP) is 4.25. The molecule has 0 radical (unpaired) electrons. The van der Waals surface area contributed by atoms with E-state index < -0.39 is 0 Å². The van der Waals surface area contributed by atoms with Gasteiger partial charge in [0.2, 0.25) is 5.91 Å². The first-order chi connectivity index (χ1) is 12.6. The molecule has 3 rings (SSSR count). The molecule has 2 aromatic carbocycles. The number of rotatable bonds is 6. The molecule has 4 heteroatoms. The topological polar surface area (TPSA) is 29.5 Å². The quantitative estimate of drug-likeness (QED) is 0.775. The zero-order valence-electron chi connectivity index (χ0n) is 15.3. The minimum Gasteiger partial charge on any atom is -0.497 e. The van der Waals surface area contributed by atoms with Gasteiger partial charge in [-0.3, -0.25) is 4.79 Å². The molecule has 2 aromatic rings. The van der Waals surface area contributed by atoms with Crippen LogP contribution in [0.25, 0.3) is 0 Å². The van der Waals surface area contributed by atoms with Crippen molar-refractivity contribution in [2.45, 2.75) is 32.1 Å². The Hall–Kier alpha value is -2.36. The summed E-state index contributed by atoms with van der Waals surface area (Å²) in [5.74, 6) is 1.40. The lowest BCUT2D eigenvalue weighted by Crippen LogP contribution is -2.39. The van der Waals surface area contributed by atoms with Gasteiger partial charge >= 0.3 is 0 Å². The Bertz CT molecular complexity index is 738. The number of ether oxygens (including phenoxy) is 1. The van der Waals surface area contributed by atoms with E-state index in [1.165, 1.54) is 6.07 Å². The summed E-state index contributed by atoms with van der Waals surface area (Å²) in [6.07, 6.45) is 4.13. The predicted molar refractivity (Wildman–Crippen MR) is 101 cm³/mol. The number of benzene rings is 2. The Kier molecular flexibility index (Phi) is 6.26. The van der Waals surface area contributed by atoms with Crippen molar-refractivity contribution in [2.24, 2.45) is 5.92 Å². The lowest BCUT2D eigenvalue weighted by molar-refractivity contribution is -0.132. The van der Waals surface area contributed by atoms with Crippen LogP contribution in [0.15, 0.2) is 48.5 Å². The van der Waals surface area contributed by atoms with Crippen LogP contribution in [0, 0.1) is 11.7 Å². The number of aryl methyl sites for hydroxylation is 1. The van der Waals surface area contributed by atoms with Crippen LogP contribution in [0.1, 0.15) is 30.4 Å². The maximum absolute atomic E-state index is 13.3. The molecule has 1 amide bonds. The van der Waals surface area contributed by atoms with E-state index in [0.29, 0.717) is 12.3 Å². The summed E-state index contributed by atoms with van der Waals surface area (Å²) in [5, 5.41) is 0. The van der Waals surface area contributed by atoms with Crippen LogP contribution in [0.2, 0.25) is 0 Å². The van der Waals surface area contributed by atoms with Crippen molar-refractivity contribution in [3.63, 3.8) is 0 Å². The molecule has 0 atom stereocenters. The van der Waals surface area contributed by atoms with Gasteiger partial charge in [-0.25, -0.2) is 4.39 Å². The molecule has 0 unspecified atom stereocenters. The Balaban J connectivity index is 1.44. The second kappa shape index (κ2) is 8.84. The first-order valence-corrected chi connectivity index (χ1v) is 9.29. The Morgan fingerprint density at radius 2 is 1.85 bits per heavy atom. The van der Waals surface area contributed by atoms with Gasteiger partial charge in [0.25, 0.3) is 0 Å². The van der Waals surface area contributed by atoms with Crippen LogP contribution in [-0.2, 0) is 17.6 Å². The van der Waals surface area contributed by atoms with Crippen LogP contribution in [0.4, 0.5) is 4.39 Å². The Morgan fingerprint density at radius 1 is 1.12 bits per heavy atom. The molecule has 1 aliphatic heterocycles. The fourth-order valence-corrected chi connectivity index (χ4v) is 3.62. The van der Waals surface area contributed by atoms with Crippen molar-refractivity contribution in [1.29, 1.82) is 0 Å². The highest BCUT2D eigenvalue weighted by Gasteiger charge is 2.22. The summed E-state index contributed by atoms with van der Waals surface area (Å²) < 4.78 is 18.5. The van der Waals surface area contributed by atoms with E-state index in [1.54, 1.807) is 19.2 Å². The van der Waals surface area contributed by atoms with Gasteiger partial charge in [-0.15, -0.1) is 0 Å². The second-order valence-electron chi connectivity index (χ2n) is 7.01. The number of likely N-dealkylation sites (tertiary alicyclic amines) is 1. The maximum Gasteiger partial charge on any atom is 0.222 e. The fourth-order valence-electron chi connectivity index (χ4n) is 3.62. The molecule has 0 aromatic heterocycles. The standard InChI is InChI=1S/C22H26FNO2/c1-26-21-7-3-4-17(16-21)8-9-22(25)24-12-10-18(11-13-24)14-19-5-2-6-20(23)15-19/h2-7,15-16,18H,8-14H2,1H3. The average molecular weight is 355 g/mol. The summed E-state index contributed by atoms with van der Waals surface area (Å²) in [7, 11) is 1.65. The van der Waals surface area contributed by atoms with Crippen LogP contribution in [0.3, 0.4) is 0 Å². The highest BCUT2D eigenvalue weighted by Crippen LogP contribution is 2.23. The summed E-state index contributed by atoms with van der Waals surface area (Å²) in [5.41, 5.74) is 2.17. The molecule has 1 fully saturated rings. The number of halogens is 1. The summed E-state index contributed by atoms with van der Waals surface area (Å²) in [4.78, 5) is 14.5. The van der Waals surface area contributed by atoms with E-state index in [2.05, 4.69) is 0 Å². The number of hydrogen-bond donors (Lipinski definition) is 0. The first-order valence-electron chi connectivity index (χ1n) is 9.29. The van der Waals surface area contributed by atoms with Crippen molar-refractivity contribution in [1.82, 2.24) is 4.90 Å². The van der Waals surface area contributed by atoms with E-state index >= 15 is 0 Å². The highest BCUT2D eigenvalue weighted by atomic mass is 19.1. The molecule has 26 heavy (non-hydrogen) atoms. The largest absolute Gasteiger partial charge is 0.497 e. The van der Waals surface area contributed by atoms with E-state index in [0.717, 1.165) is 55.6 Å². The van der Waals surface area contributed by atoms with Crippen molar-refractivity contribution < 1.29 is 13.9 Å². The van der Waals surface area contributed by atoms with Gasteiger partial charge in [0, 0.05) is 19.5 Å². The molecular formula is C22H26FNO2. The van der Waals surface area contributed by atoms with Crippen molar-refractivity contribution in [3.8, 4) is 5.75 Å². The van der Waals surface area contributed by atoms with Crippen molar-refractivity contribution in [3.05, 3.63) is 65.5 Å². The number of amides is 1. The van der Waals surface area contributed by atoms with E-state index in [9.17, 15) is 9.18 Å². The molecule has 1 aliphatic rings. The van der Waals surface area contributed by atoms with Gasteiger partial charge in [0.1, 0.15) is 11.6 Å². The van der Waals surface area contributed by atoms with E-state index in [-0.39, 0.29) is 11.7 Å². The van der Waals surface area contributed by atoms with Crippen LogP contribution >= 0.6 is 0 Å². The molecule has 0 N–H and O–H groups in total. The smallest absolute Gasteiger partial charge is 0.222 e. The van der Waals surface area contributed by atoms with Gasteiger partial charge in [0.15, 0.2) is 0 Å². The number of methoxy groups -OCH3 is 1. The Morgan fingerprint density at radius 3 is 2.58 bits per heavy atom. The number of carbonyl (C=O) groups excluding carboxylic acids is 1. The second-order valence-corrected chi connectivity index (χ2v) is 7.01. The van der Waals surface area contributed by atoms with Gasteiger partial charge in [-0.2, -0.15) is 0 Å². The van der Waals surface area contributed by atoms with E-state index in [1.807, 2.05) is 35.2 Å².